The van der Waals surface area contributed by atoms with Crippen LogP contribution in [0.2, 0.25) is 0 Å². The highest BCUT2D eigenvalue weighted by molar-refractivity contribution is 5.83. The van der Waals surface area contributed by atoms with E-state index in [-0.39, 0.29) is 11.3 Å². The predicted molar refractivity (Wildman–Crippen MR) is 83.2 cm³/mol. The van der Waals surface area contributed by atoms with Crippen LogP contribution in [0.1, 0.15) is 26.2 Å². The summed E-state index contributed by atoms with van der Waals surface area (Å²) < 4.78 is 0. The lowest BCUT2D eigenvalue weighted by molar-refractivity contribution is -0.130. The lowest BCUT2D eigenvalue weighted by Crippen LogP contribution is -2.49. The van der Waals surface area contributed by atoms with E-state index in [9.17, 15) is 4.79 Å². The first-order chi connectivity index (χ1) is 10.2. The molecule has 0 bridgehead atoms. The first kappa shape index (κ1) is 14.3. The molecule has 1 unspecified atom stereocenters. The molecular formula is C16H24N4O. The Morgan fingerprint density at radius 2 is 2.24 bits per heavy atom. The number of piperidine rings is 1. The number of aromatic nitrogens is 1. The molecule has 0 radical (unpaired) electrons. The van der Waals surface area contributed by atoms with Crippen LogP contribution in [-0.2, 0) is 4.79 Å². The van der Waals surface area contributed by atoms with E-state index in [0.29, 0.717) is 6.04 Å². The molecule has 2 saturated heterocycles. The molecule has 2 fully saturated rings. The van der Waals surface area contributed by atoms with Crippen molar-refractivity contribution in [1.29, 1.82) is 0 Å². The van der Waals surface area contributed by atoms with E-state index in [1.807, 2.05) is 24.4 Å². The summed E-state index contributed by atoms with van der Waals surface area (Å²) in [6.45, 7) is 5.72. The summed E-state index contributed by atoms with van der Waals surface area (Å²) in [5, 5.41) is 6.53. The van der Waals surface area contributed by atoms with Crippen LogP contribution < -0.4 is 15.5 Å². The molecule has 114 valence electrons. The lowest BCUT2D eigenvalue weighted by Gasteiger charge is -2.34. The Balaban J connectivity index is 1.51. The van der Waals surface area contributed by atoms with Crippen molar-refractivity contribution in [3.05, 3.63) is 24.4 Å². The third-order valence-corrected chi connectivity index (χ3v) is 4.72. The molecule has 0 aliphatic carbocycles. The van der Waals surface area contributed by atoms with Gasteiger partial charge in [-0.15, -0.1) is 0 Å². The van der Waals surface area contributed by atoms with Crippen molar-refractivity contribution in [1.82, 2.24) is 15.6 Å². The zero-order valence-corrected chi connectivity index (χ0v) is 12.6. The Bertz CT molecular complexity index is 476. The molecule has 1 aromatic heterocycles. The molecule has 0 aromatic carbocycles. The summed E-state index contributed by atoms with van der Waals surface area (Å²) in [5.74, 6) is 1.25. The molecule has 5 nitrogen and oxygen atoms in total. The number of pyridine rings is 1. The first-order valence-electron chi connectivity index (χ1n) is 7.85. The fourth-order valence-electron chi connectivity index (χ4n) is 3.16. The number of nitrogens with zero attached hydrogens (tertiary/aromatic N) is 2. The maximum atomic E-state index is 12.4. The van der Waals surface area contributed by atoms with E-state index in [0.717, 1.165) is 51.3 Å². The van der Waals surface area contributed by atoms with Gasteiger partial charge in [-0.1, -0.05) is 6.07 Å². The summed E-state index contributed by atoms with van der Waals surface area (Å²) in [6, 6.07) is 6.30. The number of carbonyl (C=O) groups excluding carboxylic acids is 1. The highest BCUT2D eigenvalue weighted by atomic mass is 16.2. The monoisotopic (exact) mass is 288 g/mol. The van der Waals surface area contributed by atoms with E-state index in [1.165, 1.54) is 0 Å². The molecule has 5 heteroatoms. The zero-order valence-electron chi connectivity index (χ0n) is 12.6. The van der Waals surface area contributed by atoms with Gasteiger partial charge in [-0.25, -0.2) is 4.98 Å². The van der Waals surface area contributed by atoms with E-state index in [1.54, 1.807) is 0 Å². The number of hydrogen-bond donors (Lipinski definition) is 2. The van der Waals surface area contributed by atoms with Crippen molar-refractivity contribution in [3.8, 4) is 0 Å². The lowest BCUT2D eigenvalue weighted by atomic mass is 9.88. The quantitative estimate of drug-likeness (QED) is 0.876. The maximum absolute atomic E-state index is 12.4. The maximum Gasteiger partial charge on any atom is 0.227 e. The molecule has 3 rings (SSSR count). The second kappa shape index (κ2) is 6.02. The van der Waals surface area contributed by atoms with Crippen LogP contribution in [0.15, 0.2) is 24.4 Å². The van der Waals surface area contributed by atoms with Gasteiger partial charge in [0.1, 0.15) is 5.82 Å². The SMILES string of the molecule is CC1(C(=O)NC2CCN(c3ccccn3)CC2)CCNC1. The number of carbonyl (C=O) groups is 1. The molecule has 2 aliphatic rings. The van der Waals surface area contributed by atoms with Crippen LogP contribution in [-0.4, -0.2) is 43.1 Å². The summed E-state index contributed by atoms with van der Waals surface area (Å²) in [4.78, 5) is 19.1. The summed E-state index contributed by atoms with van der Waals surface area (Å²) in [5.41, 5.74) is -0.224. The van der Waals surface area contributed by atoms with Gasteiger partial charge in [0.05, 0.1) is 5.41 Å². The van der Waals surface area contributed by atoms with Gasteiger partial charge in [-0.3, -0.25) is 4.79 Å². The highest BCUT2D eigenvalue weighted by Crippen LogP contribution is 2.25. The molecule has 1 amide bonds. The highest BCUT2D eigenvalue weighted by Gasteiger charge is 2.37. The van der Waals surface area contributed by atoms with Crippen molar-refractivity contribution >= 4 is 11.7 Å². The summed E-state index contributed by atoms with van der Waals surface area (Å²) in [6.07, 6.45) is 4.75. The number of amides is 1. The first-order valence-corrected chi connectivity index (χ1v) is 7.85. The zero-order chi connectivity index (χ0) is 14.7. The van der Waals surface area contributed by atoms with Crippen LogP contribution in [0.4, 0.5) is 5.82 Å². The summed E-state index contributed by atoms with van der Waals surface area (Å²) in [7, 11) is 0. The van der Waals surface area contributed by atoms with Gasteiger partial charge in [0.25, 0.3) is 0 Å². The molecular weight excluding hydrogens is 264 g/mol. The van der Waals surface area contributed by atoms with Crippen molar-refractivity contribution < 1.29 is 4.79 Å². The van der Waals surface area contributed by atoms with Crippen LogP contribution in [0.3, 0.4) is 0 Å². The second-order valence-electron chi connectivity index (χ2n) is 6.41. The van der Waals surface area contributed by atoms with E-state index in [2.05, 4.69) is 27.4 Å². The second-order valence-corrected chi connectivity index (χ2v) is 6.41. The number of anilines is 1. The standard InChI is InChI=1S/C16H24N4O/c1-16(7-9-17-12-16)15(21)19-13-5-10-20(11-6-13)14-4-2-3-8-18-14/h2-4,8,13,17H,5-7,9-12H2,1H3,(H,19,21). The Morgan fingerprint density at radius 3 is 2.86 bits per heavy atom. The topological polar surface area (TPSA) is 57.3 Å². The van der Waals surface area contributed by atoms with Gasteiger partial charge in [-0.2, -0.15) is 0 Å². The molecule has 1 aromatic rings. The Hall–Kier alpha value is -1.62. The molecule has 2 N–H and O–H groups in total. The van der Waals surface area contributed by atoms with Crippen molar-refractivity contribution in [3.63, 3.8) is 0 Å². The normalized spacial score (nSPS) is 26.8. The van der Waals surface area contributed by atoms with Crippen molar-refractivity contribution in [2.45, 2.75) is 32.2 Å². The molecule has 3 heterocycles. The van der Waals surface area contributed by atoms with Gasteiger partial charge >= 0.3 is 0 Å². The smallest absolute Gasteiger partial charge is 0.227 e. The molecule has 1 atom stereocenters. The van der Waals surface area contributed by atoms with Gasteiger partial charge < -0.3 is 15.5 Å². The van der Waals surface area contributed by atoms with Crippen molar-refractivity contribution in [2.75, 3.05) is 31.1 Å². The van der Waals surface area contributed by atoms with Crippen molar-refractivity contribution in [2.24, 2.45) is 5.41 Å². The van der Waals surface area contributed by atoms with Gasteiger partial charge in [-0.05, 0) is 44.9 Å². The molecule has 2 aliphatic heterocycles. The van der Waals surface area contributed by atoms with Crippen LogP contribution in [0, 0.1) is 5.41 Å². The fraction of sp³-hybridized carbons (Fsp3) is 0.625. The average molecular weight is 288 g/mol. The third kappa shape index (κ3) is 3.18. The van der Waals surface area contributed by atoms with Gasteiger partial charge in [0, 0.05) is 31.9 Å². The minimum Gasteiger partial charge on any atom is -0.356 e. The number of rotatable bonds is 3. The third-order valence-electron chi connectivity index (χ3n) is 4.72. The van der Waals surface area contributed by atoms with E-state index >= 15 is 0 Å². The Kier molecular flexibility index (Phi) is 4.10. The van der Waals surface area contributed by atoms with Gasteiger partial charge in [0.15, 0.2) is 0 Å². The van der Waals surface area contributed by atoms with Crippen LogP contribution >= 0.6 is 0 Å². The average Bonchev–Trinajstić information content (AvgIpc) is 2.97. The van der Waals surface area contributed by atoms with E-state index < -0.39 is 0 Å². The minimum absolute atomic E-state index is 0.212. The Labute approximate surface area is 126 Å². The minimum atomic E-state index is -0.224. The Morgan fingerprint density at radius 1 is 1.43 bits per heavy atom. The molecule has 21 heavy (non-hydrogen) atoms. The van der Waals surface area contributed by atoms with E-state index in [4.69, 9.17) is 0 Å². The molecule has 0 spiro atoms. The molecule has 0 saturated carbocycles. The summed E-state index contributed by atoms with van der Waals surface area (Å²) >= 11 is 0. The largest absolute Gasteiger partial charge is 0.356 e. The number of hydrogen-bond acceptors (Lipinski definition) is 4. The fourth-order valence-corrected chi connectivity index (χ4v) is 3.16. The van der Waals surface area contributed by atoms with Gasteiger partial charge in [0.2, 0.25) is 5.91 Å². The van der Waals surface area contributed by atoms with Crippen LogP contribution in [0.25, 0.3) is 0 Å². The van der Waals surface area contributed by atoms with Crippen LogP contribution in [0.5, 0.6) is 0 Å². The predicted octanol–water partition coefficient (Wildman–Crippen LogP) is 1.17. The number of nitrogens with one attached hydrogen (secondary N) is 2.